The highest BCUT2D eigenvalue weighted by molar-refractivity contribution is 7.17. The van der Waals surface area contributed by atoms with Crippen LogP contribution in [0.5, 0.6) is 0 Å². The van der Waals surface area contributed by atoms with E-state index in [1.54, 1.807) is 17.5 Å². The maximum atomic E-state index is 4.50. The first-order chi connectivity index (χ1) is 8.84. The number of aromatic nitrogens is 3. The summed E-state index contributed by atoms with van der Waals surface area (Å²) in [6, 6.07) is 7.77. The molecule has 3 aromatic rings. The van der Waals surface area contributed by atoms with E-state index in [0.29, 0.717) is 5.82 Å². The molecule has 0 bridgehead atoms. The Morgan fingerprint density at radius 2 is 1.89 bits per heavy atom. The highest BCUT2D eigenvalue weighted by Gasteiger charge is 2.07. The fraction of sp³-hybridized carbons (Fsp3) is 0.214. The van der Waals surface area contributed by atoms with E-state index in [1.807, 2.05) is 50.4 Å². The van der Waals surface area contributed by atoms with Crippen molar-refractivity contribution in [2.45, 2.75) is 20.8 Å². The Balaban J connectivity index is 0.000000574. The quantitative estimate of drug-likeness (QED) is 0.659. The number of hydrogen-bond acceptors (Lipinski definition) is 4. The number of fused-ring (bicyclic) bond motifs is 1. The molecule has 0 fully saturated rings. The average Bonchev–Trinajstić information content (AvgIpc) is 2.91. The lowest BCUT2D eigenvalue weighted by Gasteiger charge is -2.01. The van der Waals surface area contributed by atoms with Crippen LogP contribution in [0.4, 0.5) is 0 Å². The van der Waals surface area contributed by atoms with Gasteiger partial charge in [-0.3, -0.25) is 4.98 Å². The highest BCUT2D eigenvalue weighted by Crippen LogP contribution is 2.24. The molecule has 3 aromatic heterocycles. The molecule has 4 heteroatoms. The molecule has 0 saturated heterocycles. The van der Waals surface area contributed by atoms with E-state index in [1.165, 1.54) is 0 Å². The van der Waals surface area contributed by atoms with Crippen molar-refractivity contribution in [1.82, 2.24) is 15.0 Å². The predicted octanol–water partition coefficient (Wildman–Crippen LogP) is 4.09. The van der Waals surface area contributed by atoms with Gasteiger partial charge in [0.15, 0.2) is 5.82 Å². The molecule has 0 unspecified atom stereocenters. The Morgan fingerprint density at radius 1 is 1.06 bits per heavy atom. The van der Waals surface area contributed by atoms with Gasteiger partial charge in [0.05, 0.1) is 15.9 Å². The number of rotatable bonds is 1. The fourth-order valence-electron chi connectivity index (χ4n) is 1.62. The maximum Gasteiger partial charge on any atom is 0.179 e. The van der Waals surface area contributed by atoms with Gasteiger partial charge in [0.1, 0.15) is 5.69 Å². The minimum atomic E-state index is 0.698. The summed E-state index contributed by atoms with van der Waals surface area (Å²) in [5, 5.41) is 2.04. The van der Waals surface area contributed by atoms with E-state index in [-0.39, 0.29) is 0 Å². The molecule has 3 nitrogen and oxygen atoms in total. The van der Waals surface area contributed by atoms with Crippen LogP contribution in [0.25, 0.3) is 21.7 Å². The van der Waals surface area contributed by atoms with Gasteiger partial charge >= 0.3 is 0 Å². The summed E-state index contributed by atoms with van der Waals surface area (Å²) in [6.07, 6.45) is 1.76. The smallest absolute Gasteiger partial charge is 0.179 e. The van der Waals surface area contributed by atoms with Crippen molar-refractivity contribution in [2.75, 3.05) is 0 Å². The van der Waals surface area contributed by atoms with Gasteiger partial charge < -0.3 is 0 Å². The molecule has 0 aliphatic heterocycles. The summed E-state index contributed by atoms with van der Waals surface area (Å²) < 4.78 is 1.15. The Hall–Kier alpha value is -1.81. The van der Waals surface area contributed by atoms with Crippen LogP contribution in [-0.2, 0) is 0 Å². The van der Waals surface area contributed by atoms with Crippen LogP contribution in [0.1, 0.15) is 19.5 Å². The van der Waals surface area contributed by atoms with Crippen molar-refractivity contribution in [1.29, 1.82) is 0 Å². The first-order valence-corrected chi connectivity index (χ1v) is 6.86. The Morgan fingerprint density at radius 3 is 2.61 bits per heavy atom. The fourth-order valence-corrected chi connectivity index (χ4v) is 2.40. The van der Waals surface area contributed by atoms with Gasteiger partial charge in [0, 0.05) is 6.20 Å². The van der Waals surface area contributed by atoms with Crippen molar-refractivity contribution < 1.29 is 0 Å². The van der Waals surface area contributed by atoms with Crippen molar-refractivity contribution >= 4 is 21.6 Å². The third kappa shape index (κ3) is 2.38. The van der Waals surface area contributed by atoms with Crippen LogP contribution < -0.4 is 0 Å². The summed E-state index contributed by atoms with van der Waals surface area (Å²) in [6.45, 7) is 6.01. The predicted molar refractivity (Wildman–Crippen MR) is 76.7 cm³/mol. The van der Waals surface area contributed by atoms with Gasteiger partial charge in [-0.2, -0.15) is 0 Å². The first-order valence-electron chi connectivity index (χ1n) is 5.98. The largest absolute Gasteiger partial charge is 0.253 e. The van der Waals surface area contributed by atoms with Crippen LogP contribution >= 0.6 is 11.3 Å². The molecule has 0 aliphatic rings. The van der Waals surface area contributed by atoms with E-state index < -0.39 is 0 Å². The number of aryl methyl sites for hydroxylation is 1. The Bertz CT molecular complexity index is 632. The van der Waals surface area contributed by atoms with E-state index >= 15 is 0 Å². The lowest BCUT2D eigenvalue weighted by atomic mass is 10.3. The molecule has 3 heterocycles. The maximum absolute atomic E-state index is 4.50. The Kier molecular flexibility index (Phi) is 3.99. The zero-order valence-corrected chi connectivity index (χ0v) is 11.5. The lowest BCUT2D eigenvalue weighted by molar-refractivity contribution is 1.14. The number of nitrogens with zero attached hydrogens (tertiary/aromatic N) is 3. The molecule has 0 amide bonds. The standard InChI is InChI=1S/C12H9N3S.C2H6/c1-8-11-9(5-7-16-11)15-12(14-8)10-4-2-3-6-13-10;1-2/h2-7H,1H3;1-2H3. The lowest BCUT2D eigenvalue weighted by Crippen LogP contribution is -1.93. The normalized spacial score (nSPS) is 9.94. The molecule has 18 heavy (non-hydrogen) atoms. The van der Waals surface area contributed by atoms with Crippen molar-refractivity contribution in [2.24, 2.45) is 0 Å². The van der Waals surface area contributed by atoms with E-state index in [0.717, 1.165) is 21.6 Å². The zero-order valence-electron chi connectivity index (χ0n) is 10.7. The minimum Gasteiger partial charge on any atom is -0.253 e. The molecule has 0 N–H and O–H groups in total. The SMILES string of the molecule is CC.Cc1nc(-c2ccccn2)nc2ccsc12. The summed E-state index contributed by atoms with van der Waals surface area (Å²) in [7, 11) is 0. The molecule has 0 saturated carbocycles. The molecular weight excluding hydrogens is 242 g/mol. The molecule has 0 aromatic carbocycles. The van der Waals surface area contributed by atoms with E-state index in [9.17, 15) is 0 Å². The third-order valence-electron chi connectivity index (χ3n) is 2.37. The molecule has 92 valence electrons. The minimum absolute atomic E-state index is 0.698. The average molecular weight is 257 g/mol. The molecule has 3 rings (SSSR count). The summed E-state index contributed by atoms with van der Waals surface area (Å²) in [5.74, 6) is 0.698. The number of thiophene rings is 1. The van der Waals surface area contributed by atoms with Crippen molar-refractivity contribution in [3.05, 3.63) is 41.5 Å². The second-order valence-corrected chi connectivity index (χ2v) is 4.40. The molecular formula is C14H15N3S. The number of hydrogen-bond donors (Lipinski definition) is 0. The summed E-state index contributed by atoms with van der Waals surface area (Å²) in [4.78, 5) is 13.2. The summed E-state index contributed by atoms with van der Waals surface area (Å²) >= 11 is 1.67. The summed E-state index contributed by atoms with van der Waals surface area (Å²) in [5.41, 5.74) is 2.83. The van der Waals surface area contributed by atoms with E-state index in [4.69, 9.17) is 0 Å². The van der Waals surface area contributed by atoms with Crippen LogP contribution in [0.15, 0.2) is 35.8 Å². The van der Waals surface area contributed by atoms with Gasteiger partial charge in [0.2, 0.25) is 0 Å². The monoisotopic (exact) mass is 257 g/mol. The third-order valence-corrected chi connectivity index (χ3v) is 3.38. The van der Waals surface area contributed by atoms with Crippen LogP contribution in [0, 0.1) is 6.92 Å². The highest BCUT2D eigenvalue weighted by atomic mass is 32.1. The molecule has 0 radical (unpaired) electrons. The Labute approximate surface area is 111 Å². The van der Waals surface area contributed by atoms with Gasteiger partial charge in [-0.1, -0.05) is 19.9 Å². The second-order valence-electron chi connectivity index (χ2n) is 3.48. The molecule has 0 spiro atoms. The zero-order chi connectivity index (χ0) is 13.0. The van der Waals surface area contributed by atoms with Gasteiger partial charge in [0.25, 0.3) is 0 Å². The first kappa shape index (κ1) is 12.6. The van der Waals surface area contributed by atoms with Gasteiger partial charge in [-0.25, -0.2) is 9.97 Å². The van der Waals surface area contributed by atoms with Crippen molar-refractivity contribution in [3.8, 4) is 11.5 Å². The van der Waals surface area contributed by atoms with E-state index in [2.05, 4.69) is 15.0 Å². The van der Waals surface area contributed by atoms with Crippen LogP contribution in [-0.4, -0.2) is 15.0 Å². The topological polar surface area (TPSA) is 38.7 Å². The number of pyridine rings is 1. The van der Waals surface area contributed by atoms with Crippen molar-refractivity contribution in [3.63, 3.8) is 0 Å². The second kappa shape index (κ2) is 5.69. The van der Waals surface area contributed by atoms with Gasteiger partial charge in [-0.05, 0) is 30.5 Å². The van der Waals surface area contributed by atoms with Gasteiger partial charge in [-0.15, -0.1) is 11.3 Å². The van der Waals surface area contributed by atoms with Crippen LogP contribution in [0.3, 0.4) is 0 Å². The molecule has 0 atom stereocenters. The van der Waals surface area contributed by atoms with Crippen LogP contribution in [0.2, 0.25) is 0 Å². The molecule has 0 aliphatic carbocycles.